The van der Waals surface area contributed by atoms with Crippen LogP contribution in [0.15, 0.2) is 0 Å². The number of nitrogens with zero attached hydrogens (tertiary/aromatic N) is 1. The summed E-state index contributed by atoms with van der Waals surface area (Å²) < 4.78 is 5.98. The minimum atomic E-state index is -0.899. The van der Waals surface area contributed by atoms with Crippen molar-refractivity contribution in [2.24, 2.45) is 23.7 Å². The topological polar surface area (TPSA) is 66.8 Å². The minimum Gasteiger partial charge on any atom is -0.480 e. The molecular weight excluding hydrogens is 294 g/mol. The number of ether oxygens (including phenoxy) is 1. The van der Waals surface area contributed by atoms with Crippen LogP contribution in [0.4, 0.5) is 0 Å². The summed E-state index contributed by atoms with van der Waals surface area (Å²) in [4.78, 5) is 25.6. The van der Waals surface area contributed by atoms with Crippen LogP contribution in [0.25, 0.3) is 0 Å². The number of aliphatic carboxylic acids is 1. The highest BCUT2D eigenvalue weighted by molar-refractivity contribution is 5.84. The molecule has 0 unspecified atom stereocenters. The van der Waals surface area contributed by atoms with Crippen molar-refractivity contribution in [1.82, 2.24) is 4.90 Å². The van der Waals surface area contributed by atoms with Gasteiger partial charge in [0.2, 0.25) is 5.91 Å². The van der Waals surface area contributed by atoms with Crippen LogP contribution in [0, 0.1) is 23.7 Å². The van der Waals surface area contributed by atoms with Crippen LogP contribution < -0.4 is 0 Å². The molecule has 0 aromatic rings. The molecule has 1 heterocycles. The van der Waals surface area contributed by atoms with Crippen molar-refractivity contribution in [3.05, 3.63) is 0 Å². The van der Waals surface area contributed by atoms with Crippen LogP contribution in [-0.2, 0) is 14.3 Å². The molecule has 23 heavy (non-hydrogen) atoms. The monoisotopic (exact) mass is 323 g/mol. The number of rotatable bonds is 5. The molecule has 1 saturated heterocycles. The smallest absolute Gasteiger partial charge is 0.323 e. The molecule has 0 spiro atoms. The lowest BCUT2D eigenvalue weighted by atomic mass is 9.84. The zero-order chi connectivity index (χ0) is 16.6. The lowest BCUT2D eigenvalue weighted by Crippen LogP contribution is -2.47. The average Bonchev–Trinajstić information content (AvgIpc) is 2.84. The van der Waals surface area contributed by atoms with Gasteiger partial charge in [0.15, 0.2) is 0 Å². The van der Waals surface area contributed by atoms with Crippen molar-refractivity contribution >= 4 is 11.9 Å². The van der Waals surface area contributed by atoms with Gasteiger partial charge >= 0.3 is 5.97 Å². The van der Waals surface area contributed by atoms with Gasteiger partial charge in [-0.3, -0.25) is 9.59 Å². The largest absolute Gasteiger partial charge is 0.480 e. The molecule has 5 nitrogen and oxygen atoms in total. The molecule has 0 radical (unpaired) electrons. The first-order chi connectivity index (χ1) is 11.0. The Kier molecular flexibility index (Phi) is 4.95. The molecule has 3 aliphatic rings. The Morgan fingerprint density at radius 1 is 1.17 bits per heavy atom. The molecule has 2 saturated carbocycles. The Labute approximate surface area is 138 Å². The third-order valence-electron chi connectivity index (χ3n) is 6.10. The summed E-state index contributed by atoms with van der Waals surface area (Å²) in [5.74, 6) is 0.818. The number of hydrogen-bond donors (Lipinski definition) is 1. The van der Waals surface area contributed by atoms with Crippen molar-refractivity contribution in [1.29, 1.82) is 0 Å². The lowest BCUT2D eigenvalue weighted by molar-refractivity contribution is -0.149. The number of carboxylic acid groups (broad SMARTS) is 1. The van der Waals surface area contributed by atoms with Gasteiger partial charge in [0.1, 0.15) is 6.54 Å². The van der Waals surface area contributed by atoms with Gasteiger partial charge in [0, 0.05) is 12.0 Å². The summed E-state index contributed by atoms with van der Waals surface area (Å²) in [6.07, 6.45) is 6.16. The Bertz CT molecular complexity index is 460. The molecule has 1 aliphatic heterocycles. The predicted octanol–water partition coefficient (Wildman–Crippen LogP) is 2.54. The van der Waals surface area contributed by atoms with Crippen LogP contribution in [0.3, 0.4) is 0 Å². The van der Waals surface area contributed by atoms with E-state index >= 15 is 0 Å². The van der Waals surface area contributed by atoms with Crippen LogP contribution in [0.1, 0.15) is 52.4 Å². The Hall–Kier alpha value is -1.10. The lowest BCUT2D eigenvalue weighted by Gasteiger charge is -2.34. The third kappa shape index (κ3) is 3.54. The number of carbonyl (C=O) groups is 2. The van der Waals surface area contributed by atoms with Crippen LogP contribution in [-0.4, -0.2) is 47.2 Å². The van der Waals surface area contributed by atoms with E-state index in [4.69, 9.17) is 4.74 Å². The molecule has 2 aliphatic carbocycles. The molecule has 0 aromatic carbocycles. The Morgan fingerprint density at radius 2 is 1.87 bits per heavy atom. The maximum Gasteiger partial charge on any atom is 0.323 e. The van der Waals surface area contributed by atoms with Crippen molar-refractivity contribution < 1.29 is 19.4 Å². The van der Waals surface area contributed by atoms with Crippen molar-refractivity contribution in [3.63, 3.8) is 0 Å². The van der Waals surface area contributed by atoms with Gasteiger partial charge < -0.3 is 14.7 Å². The van der Waals surface area contributed by atoms with Gasteiger partial charge in [-0.25, -0.2) is 0 Å². The summed E-state index contributed by atoms with van der Waals surface area (Å²) in [5, 5.41) is 9.22. The molecule has 0 bridgehead atoms. The van der Waals surface area contributed by atoms with Crippen LogP contribution in [0.5, 0.6) is 0 Å². The summed E-state index contributed by atoms with van der Waals surface area (Å²) >= 11 is 0. The molecule has 3 rings (SSSR count). The fourth-order valence-corrected chi connectivity index (χ4v) is 4.43. The molecule has 4 atom stereocenters. The first kappa shape index (κ1) is 16.7. The first-order valence-electron chi connectivity index (χ1n) is 9.09. The van der Waals surface area contributed by atoms with Crippen molar-refractivity contribution in [3.8, 4) is 0 Å². The predicted molar refractivity (Wildman–Crippen MR) is 85.9 cm³/mol. The van der Waals surface area contributed by atoms with Crippen molar-refractivity contribution in [2.75, 3.05) is 13.2 Å². The van der Waals surface area contributed by atoms with E-state index in [0.29, 0.717) is 23.9 Å². The second-order valence-corrected chi connectivity index (χ2v) is 7.98. The molecule has 3 fully saturated rings. The molecule has 0 aromatic heterocycles. The maximum absolute atomic E-state index is 12.7. The van der Waals surface area contributed by atoms with E-state index in [1.807, 2.05) is 0 Å². The van der Waals surface area contributed by atoms with Gasteiger partial charge in [-0.2, -0.15) is 0 Å². The standard InChI is InChI=1S/C18H29NO4/c1-11(2)16-8-13-6-15(7-14(13)10-23-16)19(9-17(20)21)18(22)12-4-3-5-12/h11-16H,3-10H2,1-2H3,(H,20,21)/t13-,14+,15-,16-/m0/s1. The minimum absolute atomic E-state index is 0.0663. The van der Waals surface area contributed by atoms with E-state index in [9.17, 15) is 14.7 Å². The Balaban J connectivity index is 1.66. The van der Waals surface area contributed by atoms with E-state index < -0.39 is 5.97 Å². The molecule has 1 amide bonds. The second kappa shape index (κ2) is 6.80. The molecule has 5 heteroatoms. The zero-order valence-electron chi connectivity index (χ0n) is 14.2. The van der Waals surface area contributed by atoms with Gasteiger partial charge in [0.25, 0.3) is 0 Å². The second-order valence-electron chi connectivity index (χ2n) is 7.98. The third-order valence-corrected chi connectivity index (χ3v) is 6.10. The number of carbonyl (C=O) groups excluding carboxylic acids is 1. The molecule has 1 N–H and O–H groups in total. The van der Waals surface area contributed by atoms with E-state index in [0.717, 1.165) is 45.1 Å². The van der Waals surface area contributed by atoms with Crippen molar-refractivity contribution in [2.45, 2.75) is 64.5 Å². The highest BCUT2D eigenvalue weighted by Crippen LogP contribution is 2.43. The number of carboxylic acids is 1. The zero-order valence-corrected chi connectivity index (χ0v) is 14.2. The molecular formula is C18H29NO4. The number of fused-ring (bicyclic) bond motifs is 1. The highest BCUT2D eigenvalue weighted by atomic mass is 16.5. The van der Waals surface area contributed by atoms with E-state index in [1.165, 1.54) is 0 Å². The normalized spacial score (nSPS) is 34.0. The van der Waals surface area contributed by atoms with Gasteiger partial charge in [0.05, 0.1) is 12.7 Å². The van der Waals surface area contributed by atoms with E-state index in [2.05, 4.69) is 13.8 Å². The summed E-state index contributed by atoms with van der Waals surface area (Å²) in [6.45, 7) is 5.00. The maximum atomic E-state index is 12.7. The summed E-state index contributed by atoms with van der Waals surface area (Å²) in [6, 6.07) is 0.0868. The average molecular weight is 323 g/mol. The Morgan fingerprint density at radius 3 is 2.43 bits per heavy atom. The fourth-order valence-electron chi connectivity index (χ4n) is 4.43. The van der Waals surface area contributed by atoms with E-state index in [-0.39, 0.29) is 24.4 Å². The molecule has 130 valence electrons. The van der Waals surface area contributed by atoms with Crippen LogP contribution >= 0.6 is 0 Å². The summed E-state index contributed by atoms with van der Waals surface area (Å²) in [5.41, 5.74) is 0. The number of amides is 1. The van der Waals surface area contributed by atoms with E-state index in [1.54, 1.807) is 4.90 Å². The van der Waals surface area contributed by atoms with Gasteiger partial charge in [-0.15, -0.1) is 0 Å². The van der Waals surface area contributed by atoms with Crippen LogP contribution in [0.2, 0.25) is 0 Å². The first-order valence-corrected chi connectivity index (χ1v) is 9.09. The highest BCUT2D eigenvalue weighted by Gasteiger charge is 2.44. The fraction of sp³-hybridized carbons (Fsp3) is 0.889. The number of hydrogen-bond acceptors (Lipinski definition) is 3. The van der Waals surface area contributed by atoms with Gasteiger partial charge in [-0.05, 0) is 49.9 Å². The quantitative estimate of drug-likeness (QED) is 0.844. The summed E-state index contributed by atoms with van der Waals surface area (Å²) in [7, 11) is 0. The van der Waals surface area contributed by atoms with Gasteiger partial charge in [-0.1, -0.05) is 20.3 Å². The SMILES string of the molecule is CC(C)[C@@H]1C[C@@H]2C[C@H](N(CC(=O)O)C(=O)C3CCC3)C[C@@H]2CO1.